The van der Waals surface area contributed by atoms with Crippen LogP contribution in [0.1, 0.15) is 32.6 Å². The van der Waals surface area contributed by atoms with Crippen molar-refractivity contribution in [2.45, 2.75) is 20.4 Å². The van der Waals surface area contributed by atoms with Gasteiger partial charge in [-0.3, -0.25) is 9.69 Å². The Balaban J connectivity index is 1.85. The minimum absolute atomic E-state index is 0.114. The third-order valence-corrected chi connectivity index (χ3v) is 4.34. The molecular formula is C20H21NO. The first-order valence-electron chi connectivity index (χ1n) is 7.72. The highest BCUT2D eigenvalue weighted by atomic mass is 16.1. The fraction of sp³-hybridized carbons (Fsp3) is 0.250. The molecule has 0 atom stereocenters. The first kappa shape index (κ1) is 14.7. The van der Waals surface area contributed by atoms with Crippen molar-refractivity contribution in [1.29, 1.82) is 0 Å². The topological polar surface area (TPSA) is 20.3 Å². The molecule has 0 saturated carbocycles. The van der Waals surface area contributed by atoms with E-state index < -0.39 is 0 Å². The summed E-state index contributed by atoms with van der Waals surface area (Å²) in [5.41, 5.74) is 5.00. The predicted molar refractivity (Wildman–Crippen MR) is 90.2 cm³/mol. The van der Waals surface area contributed by atoms with Crippen LogP contribution in [0, 0.1) is 13.8 Å². The van der Waals surface area contributed by atoms with Crippen molar-refractivity contribution in [3.8, 4) is 0 Å². The molecule has 2 nitrogen and oxygen atoms in total. The Bertz CT molecular complexity index is 722. The number of hydrogen-bond acceptors (Lipinski definition) is 2. The molecule has 112 valence electrons. The maximum atomic E-state index is 12.8. The lowest BCUT2D eigenvalue weighted by molar-refractivity contribution is 0.103. The maximum absolute atomic E-state index is 12.8. The number of carbonyl (C=O) groups excluding carboxylic acids is 1. The van der Waals surface area contributed by atoms with Crippen LogP contribution in [0.4, 0.5) is 0 Å². The number of benzene rings is 2. The molecule has 1 aliphatic rings. The van der Waals surface area contributed by atoms with E-state index in [9.17, 15) is 4.79 Å². The van der Waals surface area contributed by atoms with Gasteiger partial charge in [-0.1, -0.05) is 48.6 Å². The molecule has 2 heteroatoms. The van der Waals surface area contributed by atoms with Gasteiger partial charge in [0.2, 0.25) is 0 Å². The molecule has 0 aliphatic carbocycles. The summed E-state index contributed by atoms with van der Waals surface area (Å²) in [6.45, 7) is 6.94. The first-order valence-corrected chi connectivity index (χ1v) is 7.72. The van der Waals surface area contributed by atoms with Crippen molar-refractivity contribution in [3.05, 3.63) is 82.4 Å². The average Bonchev–Trinajstić information content (AvgIpc) is 3.02. The molecule has 2 aromatic rings. The predicted octanol–water partition coefficient (Wildman–Crippen LogP) is 3.91. The zero-order valence-electron chi connectivity index (χ0n) is 13.2. The summed E-state index contributed by atoms with van der Waals surface area (Å²) in [6.07, 6.45) is 4.37. The lowest BCUT2D eigenvalue weighted by Crippen LogP contribution is -2.19. The Morgan fingerprint density at radius 1 is 1.05 bits per heavy atom. The Morgan fingerprint density at radius 2 is 1.77 bits per heavy atom. The van der Waals surface area contributed by atoms with E-state index in [1.54, 1.807) is 0 Å². The van der Waals surface area contributed by atoms with Gasteiger partial charge >= 0.3 is 0 Å². The van der Waals surface area contributed by atoms with Crippen LogP contribution < -0.4 is 0 Å². The normalized spacial score (nSPS) is 14.5. The summed E-state index contributed by atoms with van der Waals surface area (Å²) in [6, 6.07) is 13.9. The number of ketones is 1. The lowest BCUT2D eigenvalue weighted by Gasteiger charge is -2.15. The van der Waals surface area contributed by atoms with E-state index >= 15 is 0 Å². The lowest BCUT2D eigenvalue weighted by atomic mass is 9.95. The average molecular weight is 291 g/mol. The fourth-order valence-corrected chi connectivity index (χ4v) is 2.87. The van der Waals surface area contributed by atoms with Gasteiger partial charge in [-0.2, -0.15) is 0 Å². The third-order valence-electron chi connectivity index (χ3n) is 4.34. The van der Waals surface area contributed by atoms with Crippen LogP contribution in [0.25, 0.3) is 0 Å². The monoisotopic (exact) mass is 291 g/mol. The second kappa shape index (κ2) is 6.29. The molecule has 0 saturated heterocycles. The van der Waals surface area contributed by atoms with Crippen LogP contribution in [-0.2, 0) is 6.54 Å². The van der Waals surface area contributed by atoms with Gasteiger partial charge in [-0.05, 0) is 36.6 Å². The van der Waals surface area contributed by atoms with Gasteiger partial charge in [-0.15, -0.1) is 0 Å². The molecule has 0 spiro atoms. The van der Waals surface area contributed by atoms with E-state index in [1.807, 2.05) is 50.2 Å². The highest BCUT2D eigenvalue weighted by molar-refractivity contribution is 6.10. The van der Waals surface area contributed by atoms with E-state index in [2.05, 4.69) is 23.1 Å². The SMILES string of the molecule is Cc1cccc(C(=O)c2cccc(CN3CC=CC3)c2)c1C. The zero-order chi connectivity index (χ0) is 15.5. The second-order valence-corrected chi connectivity index (χ2v) is 5.94. The second-order valence-electron chi connectivity index (χ2n) is 5.94. The molecule has 0 amide bonds. The van der Waals surface area contributed by atoms with Crippen molar-refractivity contribution in [2.75, 3.05) is 13.1 Å². The van der Waals surface area contributed by atoms with Gasteiger partial charge in [0.15, 0.2) is 5.78 Å². The van der Waals surface area contributed by atoms with E-state index in [0.29, 0.717) is 0 Å². The van der Waals surface area contributed by atoms with Crippen molar-refractivity contribution < 1.29 is 4.79 Å². The van der Waals surface area contributed by atoms with Gasteiger partial charge in [0, 0.05) is 30.8 Å². The molecule has 22 heavy (non-hydrogen) atoms. The van der Waals surface area contributed by atoms with Crippen LogP contribution in [0.5, 0.6) is 0 Å². The van der Waals surface area contributed by atoms with E-state index in [-0.39, 0.29) is 5.78 Å². The van der Waals surface area contributed by atoms with Crippen LogP contribution >= 0.6 is 0 Å². The zero-order valence-corrected chi connectivity index (χ0v) is 13.2. The first-order chi connectivity index (χ1) is 10.6. The number of carbonyl (C=O) groups is 1. The van der Waals surface area contributed by atoms with Gasteiger partial charge < -0.3 is 0 Å². The number of nitrogens with zero attached hydrogens (tertiary/aromatic N) is 1. The van der Waals surface area contributed by atoms with E-state index in [1.165, 1.54) is 5.56 Å². The largest absolute Gasteiger partial charge is 0.292 e. The van der Waals surface area contributed by atoms with Gasteiger partial charge in [-0.25, -0.2) is 0 Å². The van der Waals surface area contributed by atoms with Crippen LogP contribution in [0.15, 0.2) is 54.6 Å². The molecule has 0 N–H and O–H groups in total. The summed E-state index contributed by atoms with van der Waals surface area (Å²) < 4.78 is 0. The van der Waals surface area contributed by atoms with Crippen molar-refractivity contribution >= 4 is 5.78 Å². The smallest absolute Gasteiger partial charge is 0.193 e. The summed E-state index contributed by atoms with van der Waals surface area (Å²) in [5.74, 6) is 0.114. The molecule has 3 rings (SSSR count). The van der Waals surface area contributed by atoms with Gasteiger partial charge in [0.05, 0.1) is 0 Å². The Morgan fingerprint density at radius 3 is 2.55 bits per heavy atom. The third kappa shape index (κ3) is 3.02. The highest BCUT2D eigenvalue weighted by Crippen LogP contribution is 2.19. The minimum Gasteiger partial charge on any atom is -0.292 e. The Labute approximate surface area is 132 Å². The summed E-state index contributed by atoms with van der Waals surface area (Å²) in [4.78, 5) is 15.1. The minimum atomic E-state index is 0.114. The van der Waals surface area contributed by atoms with Crippen molar-refractivity contribution in [1.82, 2.24) is 4.90 Å². The number of aryl methyl sites for hydroxylation is 1. The van der Waals surface area contributed by atoms with Crippen LogP contribution in [0.3, 0.4) is 0 Å². The Hall–Kier alpha value is -2.19. The molecule has 2 aromatic carbocycles. The molecule has 1 heterocycles. The summed E-state index contributed by atoms with van der Waals surface area (Å²) in [7, 11) is 0. The summed E-state index contributed by atoms with van der Waals surface area (Å²) >= 11 is 0. The van der Waals surface area contributed by atoms with Crippen LogP contribution in [0.2, 0.25) is 0 Å². The van der Waals surface area contributed by atoms with Crippen molar-refractivity contribution in [2.24, 2.45) is 0 Å². The number of rotatable bonds is 4. The standard InChI is InChI=1S/C20H21NO/c1-15-7-5-10-19(16(15)2)20(22)18-9-6-8-17(13-18)14-21-11-3-4-12-21/h3-10,13H,11-12,14H2,1-2H3. The molecule has 0 bridgehead atoms. The van der Waals surface area contributed by atoms with Gasteiger partial charge in [0.25, 0.3) is 0 Å². The summed E-state index contributed by atoms with van der Waals surface area (Å²) in [5, 5.41) is 0. The van der Waals surface area contributed by atoms with Crippen LogP contribution in [-0.4, -0.2) is 23.8 Å². The van der Waals surface area contributed by atoms with Crippen molar-refractivity contribution in [3.63, 3.8) is 0 Å². The van der Waals surface area contributed by atoms with E-state index in [0.717, 1.165) is 41.9 Å². The highest BCUT2D eigenvalue weighted by Gasteiger charge is 2.14. The fourth-order valence-electron chi connectivity index (χ4n) is 2.87. The number of hydrogen-bond donors (Lipinski definition) is 0. The molecule has 0 unspecified atom stereocenters. The quantitative estimate of drug-likeness (QED) is 0.629. The maximum Gasteiger partial charge on any atom is 0.193 e. The molecular weight excluding hydrogens is 270 g/mol. The Kier molecular flexibility index (Phi) is 4.21. The molecule has 1 aliphatic heterocycles. The molecule has 0 radical (unpaired) electrons. The molecule has 0 aromatic heterocycles. The van der Waals surface area contributed by atoms with E-state index in [4.69, 9.17) is 0 Å². The molecule has 0 fully saturated rings. The van der Waals surface area contributed by atoms with Gasteiger partial charge in [0.1, 0.15) is 0 Å².